The van der Waals surface area contributed by atoms with Crippen LogP contribution in [-0.4, -0.2) is 31.4 Å². The minimum atomic E-state index is -0.205. The van der Waals surface area contributed by atoms with Gasteiger partial charge in [0, 0.05) is 17.3 Å². The Bertz CT molecular complexity index is 446. The van der Waals surface area contributed by atoms with Gasteiger partial charge in [0.2, 0.25) is 11.8 Å². The second kappa shape index (κ2) is 8.55. The second-order valence-corrected chi connectivity index (χ2v) is 5.29. The molecule has 1 aromatic carbocycles. The smallest absolute Gasteiger partial charge is 0.238 e. The van der Waals surface area contributed by atoms with Crippen LogP contribution in [0.3, 0.4) is 0 Å². The molecule has 6 heteroatoms. The highest BCUT2D eigenvalue weighted by Crippen LogP contribution is 2.12. The van der Waals surface area contributed by atoms with E-state index < -0.39 is 0 Å². The van der Waals surface area contributed by atoms with Crippen molar-refractivity contribution in [2.75, 3.05) is 25.0 Å². The standard InChI is InChI=1S/C14H20ClN3O2/c1-10(2)7-17-13(19)8-16-9-14(20)18-12-5-3-11(15)4-6-12/h3-6,10,16H,7-9H2,1-2H3,(H,17,19)(H,18,20). The molecule has 0 atom stereocenters. The van der Waals surface area contributed by atoms with E-state index in [1.54, 1.807) is 24.3 Å². The summed E-state index contributed by atoms with van der Waals surface area (Å²) < 4.78 is 0. The average Bonchev–Trinajstić information content (AvgIpc) is 2.39. The van der Waals surface area contributed by atoms with E-state index in [1.165, 1.54) is 0 Å². The van der Waals surface area contributed by atoms with Crippen LogP contribution in [0.5, 0.6) is 0 Å². The number of hydrogen-bond donors (Lipinski definition) is 3. The zero-order valence-corrected chi connectivity index (χ0v) is 12.5. The number of carbonyl (C=O) groups excluding carboxylic acids is 2. The van der Waals surface area contributed by atoms with E-state index in [4.69, 9.17) is 11.6 Å². The average molecular weight is 298 g/mol. The van der Waals surface area contributed by atoms with Gasteiger partial charge < -0.3 is 10.6 Å². The lowest BCUT2D eigenvalue weighted by molar-refractivity contribution is -0.120. The highest BCUT2D eigenvalue weighted by atomic mass is 35.5. The maximum absolute atomic E-state index is 11.6. The van der Waals surface area contributed by atoms with Gasteiger partial charge in [-0.2, -0.15) is 0 Å². The molecule has 0 aromatic heterocycles. The monoisotopic (exact) mass is 297 g/mol. The Morgan fingerprint density at radius 1 is 1.10 bits per heavy atom. The summed E-state index contributed by atoms with van der Waals surface area (Å²) in [4.78, 5) is 23.0. The van der Waals surface area contributed by atoms with Crippen LogP contribution < -0.4 is 16.0 Å². The largest absolute Gasteiger partial charge is 0.355 e. The fourth-order valence-corrected chi connectivity index (χ4v) is 1.53. The maximum atomic E-state index is 11.6. The summed E-state index contributed by atoms with van der Waals surface area (Å²) in [5.41, 5.74) is 0.672. The molecule has 0 aliphatic heterocycles. The Hall–Kier alpha value is -1.59. The Morgan fingerprint density at radius 2 is 1.70 bits per heavy atom. The molecular formula is C14H20ClN3O2. The van der Waals surface area contributed by atoms with Gasteiger partial charge in [-0.3, -0.25) is 14.9 Å². The van der Waals surface area contributed by atoms with Crippen LogP contribution in [0.4, 0.5) is 5.69 Å². The summed E-state index contributed by atoms with van der Waals surface area (Å²) in [6.45, 7) is 4.89. The zero-order chi connectivity index (χ0) is 15.0. The topological polar surface area (TPSA) is 70.2 Å². The van der Waals surface area contributed by atoms with Gasteiger partial charge in [0.25, 0.3) is 0 Å². The lowest BCUT2D eigenvalue weighted by Gasteiger charge is -2.09. The van der Waals surface area contributed by atoms with Gasteiger partial charge in [-0.25, -0.2) is 0 Å². The van der Waals surface area contributed by atoms with E-state index in [9.17, 15) is 9.59 Å². The minimum absolute atomic E-state index is 0.0811. The molecule has 0 heterocycles. The summed E-state index contributed by atoms with van der Waals surface area (Å²) in [7, 11) is 0. The van der Waals surface area contributed by atoms with E-state index >= 15 is 0 Å². The van der Waals surface area contributed by atoms with Gasteiger partial charge in [-0.1, -0.05) is 25.4 Å². The third-order valence-electron chi connectivity index (χ3n) is 2.41. The zero-order valence-electron chi connectivity index (χ0n) is 11.7. The van der Waals surface area contributed by atoms with Crippen molar-refractivity contribution in [2.45, 2.75) is 13.8 Å². The normalized spacial score (nSPS) is 10.4. The molecule has 5 nitrogen and oxygen atoms in total. The van der Waals surface area contributed by atoms with Crippen molar-refractivity contribution >= 4 is 29.1 Å². The summed E-state index contributed by atoms with van der Waals surface area (Å²) in [5.74, 6) is 0.0918. The molecule has 0 saturated heterocycles. The Labute approximate surface area is 124 Å². The van der Waals surface area contributed by atoms with E-state index in [-0.39, 0.29) is 24.9 Å². The fraction of sp³-hybridized carbons (Fsp3) is 0.429. The van der Waals surface area contributed by atoms with Crippen LogP contribution in [0, 0.1) is 5.92 Å². The molecule has 2 amide bonds. The van der Waals surface area contributed by atoms with E-state index in [2.05, 4.69) is 16.0 Å². The Kier molecular flexibility index (Phi) is 7.04. The van der Waals surface area contributed by atoms with Gasteiger partial charge >= 0.3 is 0 Å². The number of nitrogens with one attached hydrogen (secondary N) is 3. The van der Waals surface area contributed by atoms with Crippen LogP contribution in [0.25, 0.3) is 0 Å². The van der Waals surface area contributed by atoms with Crippen molar-refractivity contribution in [3.8, 4) is 0 Å². The van der Waals surface area contributed by atoms with Crippen molar-refractivity contribution < 1.29 is 9.59 Å². The second-order valence-electron chi connectivity index (χ2n) is 4.86. The summed E-state index contributed by atoms with van der Waals surface area (Å²) in [6.07, 6.45) is 0. The third kappa shape index (κ3) is 7.11. The third-order valence-corrected chi connectivity index (χ3v) is 2.66. The SMILES string of the molecule is CC(C)CNC(=O)CNCC(=O)Nc1ccc(Cl)cc1. The van der Waals surface area contributed by atoms with Gasteiger partial charge in [0.15, 0.2) is 0 Å². The molecule has 0 aliphatic carbocycles. The van der Waals surface area contributed by atoms with Crippen LogP contribution >= 0.6 is 11.6 Å². The first-order valence-electron chi connectivity index (χ1n) is 6.50. The van der Waals surface area contributed by atoms with Crippen molar-refractivity contribution in [3.05, 3.63) is 29.3 Å². The van der Waals surface area contributed by atoms with Crippen molar-refractivity contribution in [1.82, 2.24) is 10.6 Å². The molecule has 110 valence electrons. The summed E-state index contributed by atoms with van der Waals surface area (Å²) in [5, 5.41) is 8.87. The summed E-state index contributed by atoms with van der Waals surface area (Å²) in [6, 6.07) is 6.83. The molecule has 0 aliphatic rings. The molecular weight excluding hydrogens is 278 g/mol. The van der Waals surface area contributed by atoms with Gasteiger partial charge in [0.1, 0.15) is 0 Å². The number of benzene rings is 1. The number of rotatable bonds is 7. The van der Waals surface area contributed by atoms with Crippen molar-refractivity contribution in [2.24, 2.45) is 5.92 Å². The van der Waals surface area contributed by atoms with Crippen LogP contribution in [-0.2, 0) is 9.59 Å². The first-order valence-corrected chi connectivity index (χ1v) is 6.88. The molecule has 0 fully saturated rings. The van der Waals surface area contributed by atoms with Gasteiger partial charge in [-0.15, -0.1) is 0 Å². The molecule has 0 radical (unpaired) electrons. The molecule has 0 bridgehead atoms. The molecule has 0 spiro atoms. The van der Waals surface area contributed by atoms with Gasteiger partial charge in [0.05, 0.1) is 13.1 Å². The van der Waals surface area contributed by atoms with Crippen LogP contribution in [0.2, 0.25) is 5.02 Å². The fourth-order valence-electron chi connectivity index (χ4n) is 1.41. The molecule has 0 saturated carbocycles. The lowest BCUT2D eigenvalue weighted by Crippen LogP contribution is -2.38. The summed E-state index contributed by atoms with van der Waals surface area (Å²) >= 11 is 5.75. The predicted molar refractivity (Wildman–Crippen MR) is 80.8 cm³/mol. The molecule has 1 aromatic rings. The number of anilines is 1. The number of hydrogen-bond acceptors (Lipinski definition) is 3. The minimum Gasteiger partial charge on any atom is -0.355 e. The van der Waals surface area contributed by atoms with Crippen LogP contribution in [0.1, 0.15) is 13.8 Å². The highest BCUT2D eigenvalue weighted by Gasteiger charge is 2.05. The first kappa shape index (κ1) is 16.5. The van der Waals surface area contributed by atoms with Crippen molar-refractivity contribution in [3.63, 3.8) is 0 Å². The van der Waals surface area contributed by atoms with E-state index in [0.717, 1.165) is 0 Å². The Balaban J connectivity index is 2.20. The predicted octanol–water partition coefficient (Wildman–Crippen LogP) is 1.64. The number of amides is 2. The van der Waals surface area contributed by atoms with E-state index in [0.29, 0.717) is 23.2 Å². The quantitative estimate of drug-likeness (QED) is 0.716. The molecule has 20 heavy (non-hydrogen) atoms. The Morgan fingerprint density at radius 3 is 2.30 bits per heavy atom. The van der Waals surface area contributed by atoms with Crippen LogP contribution in [0.15, 0.2) is 24.3 Å². The molecule has 1 rings (SSSR count). The molecule has 0 unspecified atom stereocenters. The van der Waals surface area contributed by atoms with Gasteiger partial charge in [-0.05, 0) is 30.2 Å². The number of carbonyl (C=O) groups is 2. The lowest BCUT2D eigenvalue weighted by atomic mass is 10.2. The van der Waals surface area contributed by atoms with Crippen molar-refractivity contribution in [1.29, 1.82) is 0 Å². The molecule has 3 N–H and O–H groups in total. The number of halogens is 1. The first-order chi connectivity index (χ1) is 9.47. The highest BCUT2D eigenvalue weighted by molar-refractivity contribution is 6.30. The maximum Gasteiger partial charge on any atom is 0.238 e. The van der Waals surface area contributed by atoms with E-state index in [1.807, 2.05) is 13.8 Å².